The zero-order valence-corrected chi connectivity index (χ0v) is 15.3. The molecule has 21 heavy (non-hydrogen) atoms. The molecule has 0 rings (SSSR count). The zero-order chi connectivity index (χ0) is 15.6. The largest absolute Gasteiger partial charge is 0.0654 e. The summed E-state index contributed by atoms with van der Waals surface area (Å²) in [5.41, 5.74) is 0. The van der Waals surface area contributed by atoms with Gasteiger partial charge in [-0.05, 0) is 5.92 Å². The van der Waals surface area contributed by atoms with Gasteiger partial charge in [-0.25, -0.2) is 0 Å². The number of hydrogen-bond donors (Lipinski definition) is 0. The third-order valence-corrected chi connectivity index (χ3v) is 4.79. The molecule has 0 aliphatic rings. The lowest BCUT2D eigenvalue weighted by atomic mass is 9.91. The molecule has 0 saturated heterocycles. The summed E-state index contributed by atoms with van der Waals surface area (Å²) in [6.07, 6.45) is 24.2. The molecule has 0 spiro atoms. The zero-order valence-electron chi connectivity index (χ0n) is 15.3. The summed E-state index contributed by atoms with van der Waals surface area (Å²) in [6.45, 7) is 8.65. The van der Waals surface area contributed by atoms with Crippen molar-refractivity contribution in [3.05, 3.63) is 6.92 Å². The number of hydrogen-bond acceptors (Lipinski definition) is 0. The number of unbranched alkanes of at least 4 members (excludes halogenated alkanes) is 11. The Bertz CT molecular complexity index is 173. The fraction of sp³-hybridized carbons (Fsp3) is 0.952. The quantitative estimate of drug-likeness (QED) is 0.238. The van der Waals surface area contributed by atoms with Crippen LogP contribution in [0.25, 0.3) is 0 Å². The van der Waals surface area contributed by atoms with E-state index in [-0.39, 0.29) is 0 Å². The molecule has 0 bridgehead atoms. The van der Waals surface area contributed by atoms with Crippen molar-refractivity contribution in [2.24, 2.45) is 5.92 Å². The first kappa shape index (κ1) is 21.0. The molecule has 0 aromatic heterocycles. The second-order valence-electron chi connectivity index (χ2n) is 6.97. The molecule has 0 aliphatic heterocycles. The molecular weight excluding hydrogens is 252 g/mol. The van der Waals surface area contributed by atoms with Crippen LogP contribution in [-0.2, 0) is 0 Å². The van der Waals surface area contributed by atoms with Gasteiger partial charge in [0.05, 0.1) is 0 Å². The summed E-state index contributed by atoms with van der Waals surface area (Å²) in [5.74, 6) is 0.975. The van der Waals surface area contributed by atoms with E-state index in [0.29, 0.717) is 0 Å². The third-order valence-electron chi connectivity index (χ3n) is 4.79. The molecule has 0 nitrogen and oxygen atoms in total. The van der Waals surface area contributed by atoms with Crippen molar-refractivity contribution in [2.75, 3.05) is 0 Å². The van der Waals surface area contributed by atoms with Crippen LogP contribution in [0.5, 0.6) is 0 Å². The molecule has 0 fully saturated rings. The van der Waals surface area contributed by atoms with Gasteiger partial charge in [0.1, 0.15) is 0 Å². The fourth-order valence-corrected chi connectivity index (χ4v) is 3.33. The van der Waals surface area contributed by atoms with Crippen molar-refractivity contribution >= 4 is 0 Å². The Labute approximate surface area is 136 Å². The van der Waals surface area contributed by atoms with Crippen LogP contribution >= 0.6 is 0 Å². The van der Waals surface area contributed by atoms with Gasteiger partial charge in [-0.2, -0.15) is 0 Å². The van der Waals surface area contributed by atoms with Gasteiger partial charge in [0.2, 0.25) is 0 Å². The highest BCUT2D eigenvalue weighted by Crippen LogP contribution is 2.22. The summed E-state index contributed by atoms with van der Waals surface area (Å²) >= 11 is 0. The van der Waals surface area contributed by atoms with Crippen LogP contribution in [0.2, 0.25) is 0 Å². The minimum atomic E-state index is 0.975. The predicted molar refractivity (Wildman–Crippen MR) is 98.7 cm³/mol. The maximum atomic E-state index is 4.05. The predicted octanol–water partition coefficient (Wildman–Crippen LogP) is 8.11. The number of rotatable bonds is 17. The molecule has 0 aliphatic carbocycles. The summed E-state index contributed by atoms with van der Waals surface area (Å²) in [7, 11) is 0. The molecular formula is C21H43. The molecule has 0 N–H and O–H groups in total. The summed E-state index contributed by atoms with van der Waals surface area (Å²) < 4.78 is 0. The van der Waals surface area contributed by atoms with Gasteiger partial charge in [0.25, 0.3) is 0 Å². The molecule has 0 saturated carbocycles. The highest BCUT2D eigenvalue weighted by atomic mass is 14.1. The standard InChI is InChI=1S/C21H43/c1-4-7-9-10-11-12-13-14-15-17-20-21(18-6-3)19-16-8-5-2/h21H,3-20H2,1-2H3. The van der Waals surface area contributed by atoms with Crippen LogP contribution in [0.4, 0.5) is 0 Å². The van der Waals surface area contributed by atoms with E-state index in [1.807, 2.05) is 0 Å². The molecule has 0 heteroatoms. The van der Waals surface area contributed by atoms with E-state index in [0.717, 1.165) is 12.3 Å². The Balaban J connectivity index is 3.32. The molecule has 0 aromatic rings. The van der Waals surface area contributed by atoms with Crippen LogP contribution in [0.1, 0.15) is 123 Å². The summed E-state index contributed by atoms with van der Waals surface area (Å²) in [6, 6.07) is 0. The summed E-state index contributed by atoms with van der Waals surface area (Å²) in [5, 5.41) is 0. The van der Waals surface area contributed by atoms with E-state index in [4.69, 9.17) is 0 Å². The maximum absolute atomic E-state index is 4.05. The average Bonchev–Trinajstić information content (AvgIpc) is 2.49. The lowest BCUT2D eigenvalue weighted by molar-refractivity contribution is 0.385. The molecule has 1 radical (unpaired) electrons. The van der Waals surface area contributed by atoms with E-state index in [1.54, 1.807) is 0 Å². The fourth-order valence-electron chi connectivity index (χ4n) is 3.33. The van der Waals surface area contributed by atoms with E-state index in [2.05, 4.69) is 20.8 Å². The van der Waals surface area contributed by atoms with Gasteiger partial charge < -0.3 is 0 Å². The first-order valence-electron chi connectivity index (χ1n) is 10.1. The topological polar surface area (TPSA) is 0 Å². The minimum Gasteiger partial charge on any atom is -0.0654 e. The van der Waals surface area contributed by atoms with Crippen molar-refractivity contribution in [3.8, 4) is 0 Å². The Hall–Kier alpha value is 0. The minimum absolute atomic E-state index is 0.975. The molecule has 1 atom stereocenters. The van der Waals surface area contributed by atoms with Crippen molar-refractivity contribution in [2.45, 2.75) is 123 Å². The second kappa shape index (κ2) is 18.1. The Morgan fingerprint density at radius 1 is 0.524 bits per heavy atom. The van der Waals surface area contributed by atoms with Crippen molar-refractivity contribution in [1.82, 2.24) is 0 Å². The highest BCUT2D eigenvalue weighted by Gasteiger charge is 2.07. The van der Waals surface area contributed by atoms with Crippen molar-refractivity contribution in [3.63, 3.8) is 0 Å². The van der Waals surface area contributed by atoms with E-state index < -0.39 is 0 Å². The van der Waals surface area contributed by atoms with Gasteiger partial charge >= 0.3 is 0 Å². The van der Waals surface area contributed by atoms with E-state index >= 15 is 0 Å². The van der Waals surface area contributed by atoms with Gasteiger partial charge in [-0.15, -0.1) is 0 Å². The van der Waals surface area contributed by atoms with Crippen LogP contribution in [0.3, 0.4) is 0 Å². The summed E-state index contributed by atoms with van der Waals surface area (Å²) in [4.78, 5) is 0. The highest BCUT2D eigenvalue weighted by molar-refractivity contribution is 4.61. The molecule has 0 amide bonds. The first-order chi connectivity index (χ1) is 10.3. The lowest BCUT2D eigenvalue weighted by Gasteiger charge is -2.15. The van der Waals surface area contributed by atoms with Crippen LogP contribution in [0, 0.1) is 12.8 Å². The SMILES string of the molecule is [CH2]CCC(CCCCC)CCCCCCCCCCCC. The first-order valence-corrected chi connectivity index (χ1v) is 10.1. The van der Waals surface area contributed by atoms with Crippen molar-refractivity contribution in [1.29, 1.82) is 0 Å². The Kier molecular flexibility index (Phi) is 18.1. The van der Waals surface area contributed by atoms with Crippen molar-refractivity contribution < 1.29 is 0 Å². The monoisotopic (exact) mass is 295 g/mol. The van der Waals surface area contributed by atoms with Gasteiger partial charge in [-0.3, -0.25) is 0 Å². The maximum Gasteiger partial charge on any atom is -0.0414 e. The molecule has 0 aromatic carbocycles. The van der Waals surface area contributed by atoms with Crippen LogP contribution in [0.15, 0.2) is 0 Å². The van der Waals surface area contributed by atoms with Gasteiger partial charge in [0.15, 0.2) is 0 Å². The van der Waals surface area contributed by atoms with E-state index in [9.17, 15) is 0 Å². The molecule has 127 valence electrons. The second-order valence-corrected chi connectivity index (χ2v) is 6.97. The average molecular weight is 296 g/mol. The third kappa shape index (κ3) is 16.2. The normalized spacial score (nSPS) is 12.7. The Morgan fingerprint density at radius 3 is 1.38 bits per heavy atom. The van der Waals surface area contributed by atoms with Gasteiger partial charge in [0, 0.05) is 0 Å². The van der Waals surface area contributed by atoms with Gasteiger partial charge in [-0.1, -0.05) is 130 Å². The van der Waals surface area contributed by atoms with Crippen LogP contribution in [-0.4, -0.2) is 0 Å². The van der Waals surface area contributed by atoms with E-state index in [1.165, 1.54) is 103 Å². The molecule has 0 heterocycles. The smallest absolute Gasteiger partial charge is 0.0414 e. The lowest BCUT2D eigenvalue weighted by Crippen LogP contribution is -2.00. The molecule has 1 unspecified atom stereocenters. The Morgan fingerprint density at radius 2 is 0.905 bits per heavy atom. The van der Waals surface area contributed by atoms with Crippen LogP contribution < -0.4 is 0 Å².